The Labute approximate surface area is 164 Å². The molecule has 6 nitrogen and oxygen atoms in total. The molecule has 0 radical (unpaired) electrons. The normalized spacial score (nSPS) is 15.2. The van der Waals surface area contributed by atoms with Crippen molar-refractivity contribution in [2.24, 2.45) is 4.99 Å². The lowest BCUT2D eigenvalue weighted by molar-refractivity contribution is 0.198. The van der Waals surface area contributed by atoms with E-state index in [9.17, 15) is 0 Å². The minimum Gasteiger partial charge on any atom is -0.493 e. The second-order valence-corrected chi connectivity index (χ2v) is 7.25. The Kier molecular flexibility index (Phi) is 9.25. The van der Waals surface area contributed by atoms with E-state index in [4.69, 9.17) is 14.5 Å². The Morgan fingerprint density at radius 3 is 2.67 bits per heavy atom. The molecule has 0 saturated heterocycles. The van der Waals surface area contributed by atoms with E-state index in [0.717, 1.165) is 61.9 Å². The van der Waals surface area contributed by atoms with Gasteiger partial charge in [-0.05, 0) is 65.7 Å². The van der Waals surface area contributed by atoms with Crippen molar-refractivity contribution in [3.05, 3.63) is 23.8 Å². The van der Waals surface area contributed by atoms with E-state index in [1.807, 2.05) is 12.1 Å². The fourth-order valence-corrected chi connectivity index (χ4v) is 3.26. The molecule has 2 rings (SSSR count). The molecule has 1 aromatic rings. The van der Waals surface area contributed by atoms with E-state index in [2.05, 4.69) is 42.6 Å². The maximum atomic E-state index is 6.31. The van der Waals surface area contributed by atoms with Crippen LogP contribution in [0.1, 0.15) is 44.6 Å². The van der Waals surface area contributed by atoms with Gasteiger partial charge in [0.2, 0.25) is 0 Å². The summed E-state index contributed by atoms with van der Waals surface area (Å²) in [6, 6.07) is 6.04. The van der Waals surface area contributed by atoms with Crippen LogP contribution in [0.15, 0.2) is 23.2 Å². The molecule has 0 atom stereocenters. The van der Waals surface area contributed by atoms with Crippen LogP contribution in [0.5, 0.6) is 11.5 Å². The molecule has 1 fully saturated rings. The van der Waals surface area contributed by atoms with Gasteiger partial charge in [-0.2, -0.15) is 0 Å². The largest absolute Gasteiger partial charge is 0.493 e. The summed E-state index contributed by atoms with van der Waals surface area (Å²) in [5.74, 6) is 2.48. The highest BCUT2D eigenvalue weighted by atomic mass is 16.5. The van der Waals surface area contributed by atoms with Gasteiger partial charge in [0.05, 0.1) is 19.8 Å². The molecule has 27 heavy (non-hydrogen) atoms. The van der Waals surface area contributed by atoms with Gasteiger partial charge in [0.25, 0.3) is 0 Å². The standard InChI is InChI=1S/C21H36N4O2/c1-5-22-21(23-14-9-15-25(2)3)24-16-17-10-8-13-19(26-4)20(17)27-18-11-6-7-12-18/h8,10,13,18H,5-7,9,11-12,14-16H2,1-4H3,(H2,22,23,24). The van der Waals surface area contributed by atoms with Crippen molar-refractivity contribution in [2.45, 2.75) is 51.7 Å². The van der Waals surface area contributed by atoms with Crippen LogP contribution in [-0.2, 0) is 6.54 Å². The number of nitrogens with zero attached hydrogens (tertiary/aromatic N) is 2. The number of benzene rings is 1. The highest BCUT2D eigenvalue weighted by Crippen LogP contribution is 2.35. The van der Waals surface area contributed by atoms with E-state index in [1.165, 1.54) is 12.8 Å². The Hall–Kier alpha value is -1.95. The number of aliphatic imine (C=N–C) groups is 1. The van der Waals surface area contributed by atoms with Crippen molar-refractivity contribution in [3.63, 3.8) is 0 Å². The summed E-state index contributed by atoms with van der Waals surface area (Å²) in [7, 11) is 5.88. The van der Waals surface area contributed by atoms with Gasteiger partial charge in [-0.3, -0.25) is 0 Å². The smallest absolute Gasteiger partial charge is 0.191 e. The van der Waals surface area contributed by atoms with Crippen molar-refractivity contribution >= 4 is 5.96 Å². The number of ether oxygens (including phenoxy) is 2. The fraction of sp³-hybridized carbons (Fsp3) is 0.667. The Morgan fingerprint density at radius 1 is 1.22 bits per heavy atom. The quantitative estimate of drug-likeness (QED) is 0.373. The van der Waals surface area contributed by atoms with Crippen LogP contribution in [-0.4, -0.2) is 57.8 Å². The zero-order chi connectivity index (χ0) is 19.5. The van der Waals surface area contributed by atoms with Gasteiger partial charge in [0, 0.05) is 18.7 Å². The number of nitrogens with one attached hydrogen (secondary N) is 2. The second kappa shape index (κ2) is 11.7. The molecule has 0 bridgehead atoms. The molecule has 152 valence electrons. The second-order valence-electron chi connectivity index (χ2n) is 7.25. The minimum absolute atomic E-state index is 0.293. The number of hydrogen-bond acceptors (Lipinski definition) is 4. The summed E-state index contributed by atoms with van der Waals surface area (Å²) in [6.07, 6.45) is 6.10. The summed E-state index contributed by atoms with van der Waals surface area (Å²) in [5.41, 5.74) is 1.06. The predicted octanol–water partition coefficient (Wildman–Crippen LogP) is 3.02. The lowest BCUT2D eigenvalue weighted by Gasteiger charge is -2.19. The van der Waals surface area contributed by atoms with Crippen molar-refractivity contribution < 1.29 is 9.47 Å². The minimum atomic E-state index is 0.293. The summed E-state index contributed by atoms with van der Waals surface area (Å²) < 4.78 is 11.8. The topological polar surface area (TPSA) is 58.1 Å². The number of hydrogen-bond donors (Lipinski definition) is 2. The first-order chi connectivity index (χ1) is 13.1. The lowest BCUT2D eigenvalue weighted by Crippen LogP contribution is -2.38. The molecule has 1 aliphatic rings. The summed E-state index contributed by atoms with van der Waals surface area (Å²) in [6.45, 7) is 5.43. The molecule has 0 aromatic heterocycles. The molecule has 0 heterocycles. The van der Waals surface area contributed by atoms with Crippen LogP contribution in [0, 0.1) is 0 Å². The third kappa shape index (κ3) is 7.29. The molecular weight excluding hydrogens is 340 g/mol. The van der Waals surface area contributed by atoms with Gasteiger partial charge in [-0.25, -0.2) is 4.99 Å². The lowest BCUT2D eigenvalue weighted by atomic mass is 10.1. The average Bonchev–Trinajstić information content (AvgIpc) is 3.17. The summed E-state index contributed by atoms with van der Waals surface area (Å²) in [4.78, 5) is 6.95. The molecule has 1 saturated carbocycles. The van der Waals surface area contributed by atoms with E-state index in [0.29, 0.717) is 12.6 Å². The molecular formula is C21H36N4O2. The first-order valence-corrected chi connectivity index (χ1v) is 10.1. The van der Waals surface area contributed by atoms with Crippen LogP contribution < -0.4 is 20.1 Å². The van der Waals surface area contributed by atoms with Crippen LogP contribution in [0.2, 0.25) is 0 Å². The van der Waals surface area contributed by atoms with Crippen molar-refractivity contribution in [1.82, 2.24) is 15.5 Å². The maximum Gasteiger partial charge on any atom is 0.191 e. The zero-order valence-corrected chi connectivity index (χ0v) is 17.4. The van der Waals surface area contributed by atoms with Crippen LogP contribution >= 0.6 is 0 Å². The highest BCUT2D eigenvalue weighted by Gasteiger charge is 2.20. The highest BCUT2D eigenvalue weighted by molar-refractivity contribution is 5.79. The predicted molar refractivity (Wildman–Crippen MR) is 112 cm³/mol. The Bertz CT molecular complexity index is 584. The molecule has 1 aromatic carbocycles. The van der Waals surface area contributed by atoms with E-state index in [-0.39, 0.29) is 0 Å². The summed E-state index contributed by atoms with van der Waals surface area (Å²) >= 11 is 0. The molecule has 0 aliphatic heterocycles. The Balaban J connectivity index is 2.04. The average molecular weight is 377 g/mol. The van der Waals surface area contributed by atoms with Crippen molar-refractivity contribution in [1.29, 1.82) is 0 Å². The third-order valence-electron chi connectivity index (χ3n) is 4.69. The first-order valence-electron chi connectivity index (χ1n) is 10.1. The van der Waals surface area contributed by atoms with Gasteiger partial charge in [0.1, 0.15) is 0 Å². The Morgan fingerprint density at radius 2 is 2.00 bits per heavy atom. The van der Waals surface area contributed by atoms with E-state index in [1.54, 1.807) is 7.11 Å². The van der Waals surface area contributed by atoms with Crippen LogP contribution in [0.25, 0.3) is 0 Å². The number of methoxy groups -OCH3 is 1. The van der Waals surface area contributed by atoms with Gasteiger partial charge in [-0.1, -0.05) is 12.1 Å². The molecule has 1 aliphatic carbocycles. The zero-order valence-electron chi connectivity index (χ0n) is 17.4. The van der Waals surface area contributed by atoms with Gasteiger partial charge in [0.15, 0.2) is 17.5 Å². The number of guanidine groups is 1. The summed E-state index contributed by atoms with van der Waals surface area (Å²) in [5, 5.41) is 6.72. The third-order valence-corrected chi connectivity index (χ3v) is 4.69. The number of rotatable bonds is 10. The van der Waals surface area contributed by atoms with Crippen LogP contribution in [0.4, 0.5) is 0 Å². The molecule has 0 unspecified atom stereocenters. The van der Waals surface area contributed by atoms with Gasteiger partial charge >= 0.3 is 0 Å². The van der Waals surface area contributed by atoms with Crippen molar-refractivity contribution in [3.8, 4) is 11.5 Å². The maximum absolute atomic E-state index is 6.31. The molecule has 0 amide bonds. The molecule has 2 N–H and O–H groups in total. The SMILES string of the molecule is CCNC(=NCc1cccc(OC)c1OC1CCCC1)NCCCN(C)C. The van der Waals surface area contributed by atoms with Crippen molar-refractivity contribution in [2.75, 3.05) is 40.8 Å². The van der Waals surface area contributed by atoms with Crippen LogP contribution in [0.3, 0.4) is 0 Å². The monoisotopic (exact) mass is 376 g/mol. The van der Waals surface area contributed by atoms with Gasteiger partial charge in [-0.15, -0.1) is 0 Å². The first kappa shape index (κ1) is 21.4. The molecule has 6 heteroatoms. The number of para-hydroxylation sites is 1. The van der Waals surface area contributed by atoms with E-state index >= 15 is 0 Å². The fourth-order valence-electron chi connectivity index (χ4n) is 3.26. The van der Waals surface area contributed by atoms with Gasteiger partial charge < -0.3 is 25.0 Å². The van der Waals surface area contributed by atoms with E-state index < -0.39 is 0 Å². The molecule has 0 spiro atoms.